The molecule has 1 unspecified atom stereocenters. The van der Waals surface area contributed by atoms with E-state index in [1.54, 1.807) is 18.2 Å². The zero-order chi connectivity index (χ0) is 32.7. The third kappa shape index (κ3) is 6.71. The van der Waals surface area contributed by atoms with Crippen molar-refractivity contribution in [1.29, 1.82) is 0 Å². The Morgan fingerprint density at radius 2 is 1.89 bits per heavy atom. The van der Waals surface area contributed by atoms with E-state index in [-0.39, 0.29) is 51.6 Å². The Balaban J connectivity index is 1.59. The van der Waals surface area contributed by atoms with Gasteiger partial charge in [-0.1, -0.05) is 42.1 Å². The van der Waals surface area contributed by atoms with Crippen LogP contribution >= 0.6 is 11.3 Å². The van der Waals surface area contributed by atoms with Crippen molar-refractivity contribution in [3.05, 3.63) is 54.4 Å². The van der Waals surface area contributed by atoms with E-state index in [4.69, 9.17) is 4.74 Å². The minimum absolute atomic E-state index is 0.00116. The van der Waals surface area contributed by atoms with Crippen LogP contribution in [-0.2, 0) is 10.0 Å². The van der Waals surface area contributed by atoms with Crippen LogP contribution in [0.1, 0.15) is 58.6 Å². The van der Waals surface area contributed by atoms with Crippen LogP contribution in [0.15, 0.2) is 53.7 Å². The number of allylic oxidation sites excluding steroid dienone is 4. The molecule has 0 saturated carbocycles. The summed E-state index contributed by atoms with van der Waals surface area (Å²) in [6.07, 6.45) is 2.67. The lowest BCUT2D eigenvalue weighted by Crippen LogP contribution is -2.40. The molecule has 0 fully saturated rings. The van der Waals surface area contributed by atoms with Crippen molar-refractivity contribution >= 4 is 37.9 Å². The fourth-order valence-corrected chi connectivity index (χ4v) is 7.06. The quantitative estimate of drug-likeness (QED) is 0.277. The summed E-state index contributed by atoms with van der Waals surface area (Å²) in [5.41, 5.74) is -3.63. The molecule has 0 saturated heterocycles. The maximum Gasteiger partial charge on any atom is 0.397 e. The lowest BCUT2D eigenvalue weighted by molar-refractivity contribution is -0.219. The summed E-state index contributed by atoms with van der Waals surface area (Å²) in [6.45, 7) is 3.17. The van der Waals surface area contributed by atoms with Crippen molar-refractivity contribution in [1.82, 2.24) is 19.7 Å². The van der Waals surface area contributed by atoms with Crippen molar-refractivity contribution in [3.63, 3.8) is 0 Å². The van der Waals surface area contributed by atoms with Crippen LogP contribution in [0.4, 0.5) is 32.9 Å². The maximum absolute atomic E-state index is 16.1. The molecule has 1 atom stereocenters. The number of sulfonamides is 1. The van der Waals surface area contributed by atoms with Crippen LogP contribution in [0.2, 0.25) is 0 Å². The van der Waals surface area contributed by atoms with Gasteiger partial charge in [0.15, 0.2) is 10.2 Å². The Hall–Kier alpha value is -3.53. The predicted octanol–water partition coefficient (Wildman–Crippen LogP) is 7.46. The Kier molecular flexibility index (Phi) is 8.76. The van der Waals surface area contributed by atoms with Gasteiger partial charge in [0, 0.05) is 25.2 Å². The number of aromatic nitrogens is 4. The van der Waals surface area contributed by atoms with Gasteiger partial charge in [0.2, 0.25) is 5.88 Å². The summed E-state index contributed by atoms with van der Waals surface area (Å²) in [6, 6.07) is 5.80. The first-order chi connectivity index (χ1) is 21.0. The van der Waals surface area contributed by atoms with Gasteiger partial charge in [0.05, 0.1) is 10.8 Å². The minimum Gasteiger partial charge on any atom is -0.476 e. The Morgan fingerprint density at radius 1 is 1.11 bits per heavy atom. The number of rotatable bonds is 4. The number of anilines is 2. The van der Waals surface area contributed by atoms with Gasteiger partial charge in [0.1, 0.15) is 23.1 Å². The van der Waals surface area contributed by atoms with E-state index in [1.807, 2.05) is 0 Å². The number of hydrogen-bond donors (Lipinski definition) is 2. The molecule has 9 nitrogen and oxygen atoms in total. The van der Waals surface area contributed by atoms with Gasteiger partial charge in [-0.05, 0) is 57.7 Å². The van der Waals surface area contributed by atoms with Crippen molar-refractivity contribution in [2.45, 2.75) is 70.0 Å². The van der Waals surface area contributed by atoms with Gasteiger partial charge < -0.3 is 10.1 Å². The molecule has 1 aliphatic heterocycles. The first-order valence-corrected chi connectivity index (χ1v) is 16.6. The van der Waals surface area contributed by atoms with Crippen LogP contribution in [0, 0.1) is 10.8 Å². The molecule has 4 bridgehead atoms. The summed E-state index contributed by atoms with van der Waals surface area (Å²) in [5, 5.41) is 7.05. The highest BCUT2D eigenvalue weighted by atomic mass is 32.2. The second kappa shape index (κ2) is 12.0. The van der Waals surface area contributed by atoms with Crippen LogP contribution in [0.3, 0.4) is 0 Å². The molecule has 2 aliphatic rings. The van der Waals surface area contributed by atoms with Crippen LogP contribution in [0.25, 0.3) is 10.6 Å². The van der Waals surface area contributed by atoms with Crippen molar-refractivity contribution in [3.8, 4) is 10.9 Å². The number of nitrogens with one attached hydrogen (secondary N) is 2. The number of ether oxygens (including phenoxy) is 1. The zero-order valence-electron chi connectivity index (χ0n) is 24.8. The summed E-state index contributed by atoms with van der Waals surface area (Å²) in [7, 11) is -4.26. The van der Waals surface area contributed by atoms with Gasteiger partial charge >= 0.3 is 6.18 Å². The molecule has 4 heterocycles. The minimum atomic E-state index is -4.52. The molecule has 5 rings (SSSR count). The predicted molar refractivity (Wildman–Crippen MR) is 161 cm³/mol. The van der Waals surface area contributed by atoms with Gasteiger partial charge in [0.25, 0.3) is 15.9 Å². The zero-order valence-corrected chi connectivity index (χ0v) is 26.4. The second-order valence-electron chi connectivity index (χ2n) is 11.9. The number of nitrogens with zero attached hydrogens (tertiary/aromatic N) is 4. The Morgan fingerprint density at radius 3 is 2.64 bits per heavy atom. The monoisotopic (exact) mass is 672 g/mol. The maximum atomic E-state index is 16.1. The number of alkyl halides is 5. The number of hydrogen-bond acceptors (Lipinski definition) is 8. The Labute approximate surface area is 261 Å². The molecule has 0 spiro atoms. The average Bonchev–Trinajstić information content (AvgIpc) is 3.60. The first kappa shape index (κ1) is 32.9. The van der Waals surface area contributed by atoms with Gasteiger partial charge in [-0.15, -0.1) is 5.10 Å². The van der Waals surface area contributed by atoms with Crippen LogP contribution < -0.4 is 14.8 Å². The molecule has 2 N–H and O–H groups in total. The van der Waals surface area contributed by atoms with Gasteiger partial charge in [-0.2, -0.15) is 21.6 Å². The molecule has 244 valence electrons. The average molecular weight is 673 g/mol. The van der Waals surface area contributed by atoms with Gasteiger partial charge in [-0.3, -0.25) is 4.72 Å². The largest absolute Gasteiger partial charge is 0.476 e. The number of fused-ring (bicyclic) bond motifs is 6. The smallest absolute Gasteiger partial charge is 0.397 e. The summed E-state index contributed by atoms with van der Waals surface area (Å²) in [5.74, 6) is -2.98. The number of halogens is 5. The van der Waals surface area contributed by atoms with Crippen molar-refractivity contribution < 1.29 is 35.1 Å². The number of pyridine rings is 1. The highest BCUT2D eigenvalue weighted by Gasteiger charge is 2.53. The first-order valence-electron chi connectivity index (χ1n) is 14.3. The molecule has 0 radical (unpaired) electrons. The van der Waals surface area contributed by atoms with E-state index >= 15 is 8.78 Å². The highest BCUT2D eigenvalue weighted by Crippen LogP contribution is 2.54. The second-order valence-corrected chi connectivity index (χ2v) is 14.5. The highest BCUT2D eigenvalue weighted by molar-refractivity contribution is 7.92. The fourth-order valence-electron chi connectivity index (χ4n) is 4.94. The van der Waals surface area contributed by atoms with Gasteiger partial charge in [-0.25, -0.2) is 23.4 Å². The molecular formula is C29H33F5N6O3S2. The van der Waals surface area contributed by atoms with Crippen LogP contribution in [0.5, 0.6) is 5.88 Å². The molecular weight excluding hydrogens is 639 g/mol. The van der Waals surface area contributed by atoms with E-state index in [2.05, 4.69) is 25.1 Å². The standard InChI is InChI=1S/C29H33F5N6O3S2/c1-26(2,29(32,33)34)18-43-21-13-17-40(38-21)24-23-19-10-5-7-14-27(19,3)28(30,31)15-6-4-8-16-35-20-11-9-12-22(36-20)45(41,42)39-25(37-23)44-24/h5,7,9-13,17H,4,6,8,14-16,18H2,1-3H3,(H,35,36)(H,37,39). The van der Waals surface area contributed by atoms with Crippen molar-refractivity contribution in [2.75, 3.05) is 23.2 Å². The molecule has 16 heteroatoms. The Bertz CT molecular complexity index is 1710. The third-order valence-electron chi connectivity index (χ3n) is 8.01. The topological polar surface area (TPSA) is 111 Å². The molecule has 3 aromatic heterocycles. The van der Waals surface area contributed by atoms with E-state index in [1.165, 1.54) is 42.1 Å². The fraction of sp³-hybridized carbons (Fsp3) is 0.483. The lowest BCUT2D eigenvalue weighted by Gasteiger charge is -2.40. The van der Waals surface area contributed by atoms with E-state index < -0.39 is 39.6 Å². The molecule has 1 aliphatic carbocycles. The summed E-state index contributed by atoms with van der Waals surface area (Å²) >= 11 is 0.830. The van der Waals surface area contributed by atoms with Crippen molar-refractivity contribution in [2.24, 2.45) is 10.8 Å². The third-order valence-corrected chi connectivity index (χ3v) is 10.3. The summed E-state index contributed by atoms with van der Waals surface area (Å²) < 4.78 is 108. The number of thiazole rings is 1. The normalized spacial score (nSPS) is 21.9. The SMILES string of the molecule is CC(C)(COc1ccn(-c2sc3nc2C2=CC=CCC2(C)C(F)(F)CCCCCNc2cccc(n2)S(=O)(=O)N3)n1)C(F)(F)F. The molecule has 3 aromatic rings. The van der Waals surface area contributed by atoms with E-state index in [9.17, 15) is 21.6 Å². The molecule has 0 aromatic carbocycles. The molecule has 45 heavy (non-hydrogen) atoms. The van der Waals surface area contributed by atoms with Crippen LogP contribution in [-0.4, -0.2) is 53.4 Å². The molecule has 0 amide bonds. The van der Waals surface area contributed by atoms with E-state index in [0.717, 1.165) is 25.2 Å². The lowest BCUT2D eigenvalue weighted by atomic mass is 9.69. The van der Waals surface area contributed by atoms with E-state index in [0.29, 0.717) is 25.2 Å². The summed E-state index contributed by atoms with van der Waals surface area (Å²) in [4.78, 5) is 8.69.